The molecule has 0 bridgehead atoms. The van der Waals surface area contributed by atoms with Crippen molar-refractivity contribution in [2.75, 3.05) is 25.6 Å². The molecular formula is C10H13N3OS2. The van der Waals surface area contributed by atoms with Crippen molar-refractivity contribution in [3.8, 4) is 11.4 Å². The number of nitrogens with one attached hydrogen (secondary N) is 1. The number of hydrogen-bond acceptors (Lipinski definition) is 6. The summed E-state index contributed by atoms with van der Waals surface area (Å²) in [6.07, 6.45) is 0. The van der Waals surface area contributed by atoms with Crippen LogP contribution in [0.4, 0.5) is 5.13 Å². The molecule has 1 N–H and O–H groups in total. The molecule has 0 unspecified atom stereocenters. The molecule has 86 valence electrons. The van der Waals surface area contributed by atoms with Crippen LogP contribution in [0.1, 0.15) is 5.56 Å². The number of hydrogen-bond donors (Lipinski definition) is 1. The third kappa shape index (κ3) is 2.58. The number of rotatable bonds is 5. The van der Waals surface area contributed by atoms with Crippen molar-refractivity contribution in [3.63, 3.8) is 0 Å². The smallest absolute Gasteiger partial charge is 0.202 e. The Labute approximate surface area is 102 Å². The predicted octanol–water partition coefficient (Wildman–Crippen LogP) is 2.63. The molecule has 0 fully saturated rings. The molecule has 0 aromatic carbocycles. The van der Waals surface area contributed by atoms with Crippen molar-refractivity contribution in [3.05, 3.63) is 16.3 Å². The standard InChI is InChI=1S/C10H13N3OS2/c1-7-5-15-6-8(7)9-12-10(16-13-9)11-3-4-14-2/h5-6H,3-4H2,1-2H3,(H,11,12,13). The molecule has 0 saturated heterocycles. The molecule has 6 heteroatoms. The van der Waals surface area contributed by atoms with Gasteiger partial charge in [0.05, 0.1) is 6.61 Å². The van der Waals surface area contributed by atoms with Crippen molar-refractivity contribution in [1.29, 1.82) is 0 Å². The number of aromatic nitrogens is 2. The van der Waals surface area contributed by atoms with E-state index in [9.17, 15) is 0 Å². The first-order valence-electron chi connectivity index (χ1n) is 4.91. The van der Waals surface area contributed by atoms with Gasteiger partial charge >= 0.3 is 0 Å². The highest BCUT2D eigenvalue weighted by molar-refractivity contribution is 7.10. The van der Waals surface area contributed by atoms with E-state index in [4.69, 9.17) is 4.74 Å². The average molecular weight is 255 g/mol. The Hall–Kier alpha value is -0.980. The fourth-order valence-electron chi connectivity index (χ4n) is 1.25. The SMILES string of the molecule is COCCNc1nc(-c2cscc2C)ns1. The van der Waals surface area contributed by atoms with Crippen molar-refractivity contribution in [2.24, 2.45) is 0 Å². The summed E-state index contributed by atoms with van der Waals surface area (Å²) in [5, 5.41) is 8.20. The quantitative estimate of drug-likeness (QED) is 0.834. The zero-order valence-electron chi connectivity index (χ0n) is 9.19. The van der Waals surface area contributed by atoms with Gasteiger partial charge in [-0.05, 0) is 17.9 Å². The maximum Gasteiger partial charge on any atom is 0.202 e. The van der Waals surface area contributed by atoms with E-state index in [1.807, 2.05) is 0 Å². The Kier molecular flexibility index (Phi) is 3.87. The molecule has 2 rings (SSSR count). The molecule has 4 nitrogen and oxygen atoms in total. The van der Waals surface area contributed by atoms with Crippen molar-refractivity contribution < 1.29 is 4.74 Å². The molecule has 0 aliphatic rings. The molecule has 2 aromatic heterocycles. The largest absolute Gasteiger partial charge is 0.383 e. The van der Waals surface area contributed by atoms with Crippen LogP contribution in [0, 0.1) is 6.92 Å². The zero-order valence-corrected chi connectivity index (χ0v) is 10.8. The molecule has 0 aliphatic carbocycles. The van der Waals surface area contributed by atoms with E-state index >= 15 is 0 Å². The highest BCUT2D eigenvalue weighted by Crippen LogP contribution is 2.26. The summed E-state index contributed by atoms with van der Waals surface area (Å²) in [7, 11) is 1.68. The maximum absolute atomic E-state index is 4.96. The van der Waals surface area contributed by atoms with Crippen LogP contribution in [-0.4, -0.2) is 29.6 Å². The number of nitrogens with zero attached hydrogens (tertiary/aromatic N) is 2. The lowest BCUT2D eigenvalue weighted by atomic mass is 10.2. The van der Waals surface area contributed by atoms with Gasteiger partial charge in [0.1, 0.15) is 0 Å². The lowest BCUT2D eigenvalue weighted by Crippen LogP contribution is -2.06. The topological polar surface area (TPSA) is 47.0 Å². The maximum atomic E-state index is 4.96. The van der Waals surface area contributed by atoms with E-state index in [-0.39, 0.29) is 0 Å². The Morgan fingerprint density at radius 1 is 1.44 bits per heavy atom. The molecular weight excluding hydrogens is 242 g/mol. The molecule has 2 heterocycles. The molecule has 0 amide bonds. The number of thiophene rings is 1. The van der Waals surface area contributed by atoms with Crippen LogP contribution in [0.5, 0.6) is 0 Å². The third-order valence-corrected chi connectivity index (χ3v) is 3.64. The van der Waals surface area contributed by atoms with Gasteiger partial charge in [0.25, 0.3) is 0 Å². The van der Waals surface area contributed by atoms with Crippen LogP contribution in [0.15, 0.2) is 10.8 Å². The molecule has 16 heavy (non-hydrogen) atoms. The Balaban J connectivity index is 2.05. The van der Waals surface area contributed by atoms with E-state index in [0.717, 1.165) is 23.1 Å². The first-order chi connectivity index (χ1) is 7.81. The minimum Gasteiger partial charge on any atom is -0.383 e. The van der Waals surface area contributed by atoms with Crippen LogP contribution in [-0.2, 0) is 4.74 Å². The molecule has 0 saturated carbocycles. The first-order valence-corrected chi connectivity index (χ1v) is 6.62. The fourth-order valence-corrected chi connectivity index (χ4v) is 2.69. The van der Waals surface area contributed by atoms with Gasteiger partial charge in [-0.15, -0.1) is 0 Å². The van der Waals surface area contributed by atoms with Crippen LogP contribution in [0.3, 0.4) is 0 Å². The highest BCUT2D eigenvalue weighted by Gasteiger charge is 2.09. The Bertz CT molecular complexity index is 452. The molecule has 2 aromatic rings. The second-order valence-electron chi connectivity index (χ2n) is 3.31. The van der Waals surface area contributed by atoms with Gasteiger partial charge in [0, 0.05) is 36.1 Å². The average Bonchev–Trinajstić information content (AvgIpc) is 2.87. The van der Waals surface area contributed by atoms with E-state index in [0.29, 0.717) is 6.61 Å². The van der Waals surface area contributed by atoms with Gasteiger partial charge in [-0.3, -0.25) is 0 Å². The van der Waals surface area contributed by atoms with E-state index in [2.05, 4.69) is 32.4 Å². The lowest BCUT2D eigenvalue weighted by Gasteiger charge is -1.98. The fraction of sp³-hybridized carbons (Fsp3) is 0.400. The minimum absolute atomic E-state index is 0.673. The van der Waals surface area contributed by atoms with Gasteiger partial charge in [0.15, 0.2) is 5.82 Å². The number of aryl methyl sites for hydroxylation is 1. The molecule has 0 atom stereocenters. The first kappa shape index (κ1) is 11.5. The molecule has 0 spiro atoms. The van der Waals surface area contributed by atoms with Crippen LogP contribution in [0.25, 0.3) is 11.4 Å². The normalized spacial score (nSPS) is 10.6. The number of methoxy groups -OCH3 is 1. The molecule has 0 aliphatic heterocycles. The van der Waals surface area contributed by atoms with Crippen molar-refractivity contribution >= 4 is 28.0 Å². The Morgan fingerprint density at radius 2 is 2.31 bits per heavy atom. The van der Waals surface area contributed by atoms with Gasteiger partial charge in [-0.2, -0.15) is 20.7 Å². The highest BCUT2D eigenvalue weighted by atomic mass is 32.1. The summed E-state index contributed by atoms with van der Waals surface area (Å²) < 4.78 is 9.29. The van der Waals surface area contributed by atoms with E-state index < -0.39 is 0 Å². The minimum atomic E-state index is 0.673. The third-order valence-electron chi connectivity index (χ3n) is 2.10. The summed E-state index contributed by atoms with van der Waals surface area (Å²) in [5.74, 6) is 0.809. The van der Waals surface area contributed by atoms with Crippen LogP contribution in [0.2, 0.25) is 0 Å². The number of anilines is 1. The van der Waals surface area contributed by atoms with Gasteiger partial charge in [-0.1, -0.05) is 0 Å². The van der Waals surface area contributed by atoms with Crippen molar-refractivity contribution in [2.45, 2.75) is 6.92 Å². The zero-order chi connectivity index (χ0) is 11.4. The van der Waals surface area contributed by atoms with Gasteiger partial charge in [-0.25, -0.2) is 0 Å². The summed E-state index contributed by atoms with van der Waals surface area (Å²) in [6, 6.07) is 0. The molecule has 0 radical (unpaired) electrons. The second kappa shape index (κ2) is 5.38. The summed E-state index contributed by atoms with van der Waals surface area (Å²) >= 11 is 3.06. The summed E-state index contributed by atoms with van der Waals surface area (Å²) in [5.41, 5.74) is 2.35. The van der Waals surface area contributed by atoms with E-state index in [1.165, 1.54) is 17.1 Å². The summed E-state index contributed by atoms with van der Waals surface area (Å²) in [6.45, 7) is 3.50. The van der Waals surface area contributed by atoms with Gasteiger partial charge in [0.2, 0.25) is 5.13 Å². The predicted molar refractivity (Wildman–Crippen MR) is 68.3 cm³/mol. The summed E-state index contributed by atoms with van der Waals surface area (Å²) in [4.78, 5) is 4.43. The Morgan fingerprint density at radius 3 is 3.00 bits per heavy atom. The van der Waals surface area contributed by atoms with Gasteiger partial charge < -0.3 is 10.1 Å². The number of ether oxygens (including phenoxy) is 1. The van der Waals surface area contributed by atoms with Crippen LogP contribution >= 0.6 is 22.9 Å². The van der Waals surface area contributed by atoms with E-state index in [1.54, 1.807) is 18.4 Å². The monoisotopic (exact) mass is 255 g/mol. The van der Waals surface area contributed by atoms with Crippen LogP contribution < -0.4 is 5.32 Å². The second-order valence-corrected chi connectivity index (χ2v) is 4.81. The van der Waals surface area contributed by atoms with Crippen molar-refractivity contribution in [1.82, 2.24) is 9.36 Å². The lowest BCUT2D eigenvalue weighted by molar-refractivity contribution is 0.211.